The fourth-order valence-electron chi connectivity index (χ4n) is 1.63. The molecule has 0 saturated heterocycles. The van der Waals surface area contributed by atoms with Gasteiger partial charge < -0.3 is 4.90 Å². The lowest BCUT2D eigenvalue weighted by Gasteiger charge is -2.08. The third kappa shape index (κ3) is 3.09. The average molecular weight is 252 g/mol. The van der Waals surface area contributed by atoms with E-state index in [2.05, 4.69) is 9.98 Å². The molecule has 1 aromatic heterocycles. The number of rotatable bonds is 5. The number of aliphatic imine (C=N–C) groups is 1. The van der Waals surface area contributed by atoms with E-state index >= 15 is 0 Å². The molecule has 0 atom stereocenters. The lowest BCUT2D eigenvalue weighted by Crippen LogP contribution is -2.36. The van der Waals surface area contributed by atoms with Crippen LogP contribution in [0, 0.1) is 0 Å². The van der Waals surface area contributed by atoms with Crippen LogP contribution in [0.5, 0.6) is 0 Å². The number of hydrogen-bond acceptors (Lipinski definition) is 3. The standard InChI is InChI=1S/C12H20N4O2/c1-5-7-16-11(17)9(6-2)10(14-12(16)18)13-8-15(3)4/h8H,5-7H2,1-4H3,(H,14,18). The summed E-state index contributed by atoms with van der Waals surface area (Å²) in [4.78, 5) is 32.5. The highest BCUT2D eigenvalue weighted by Crippen LogP contribution is 2.09. The summed E-state index contributed by atoms with van der Waals surface area (Å²) in [6, 6.07) is 0. The van der Waals surface area contributed by atoms with E-state index in [-0.39, 0.29) is 5.56 Å². The van der Waals surface area contributed by atoms with Crippen molar-refractivity contribution in [1.82, 2.24) is 14.5 Å². The first-order valence-corrected chi connectivity index (χ1v) is 6.07. The summed E-state index contributed by atoms with van der Waals surface area (Å²) in [6.07, 6.45) is 2.85. The summed E-state index contributed by atoms with van der Waals surface area (Å²) in [6.45, 7) is 4.23. The maximum atomic E-state index is 12.1. The van der Waals surface area contributed by atoms with Crippen LogP contribution in [0.25, 0.3) is 0 Å². The van der Waals surface area contributed by atoms with Crippen LogP contribution in [-0.2, 0) is 13.0 Å². The van der Waals surface area contributed by atoms with Crippen molar-refractivity contribution in [2.24, 2.45) is 4.99 Å². The monoisotopic (exact) mass is 252 g/mol. The Morgan fingerprint density at radius 3 is 2.50 bits per heavy atom. The molecule has 0 aliphatic carbocycles. The van der Waals surface area contributed by atoms with Gasteiger partial charge in [-0.05, 0) is 12.8 Å². The van der Waals surface area contributed by atoms with E-state index in [0.29, 0.717) is 24.3 Å². The van der Waals surface area contributed by atoms with Crippen LogP contribution in [0.15, 0.2) is 14.6 Å². The molecule has 0 spiro atoms. The highest BCUT2D eigenvalue weighted by molar-refractivity contribution is 5.60. The molecule has 0 aliphatic heterocycles. The minimum Gasteiger partial charge on any atom is -0.369 e. The van der Waals surface area contributed by atoms with Crippen molar-refractivity contribution in [3.63, 3.8) is 0 Å². The predicted molar refractivity (Wildman–Crippen MR) is 72.8 cm³/mol. The van der Waals surface area contributed by atoms with Crippen LogP contribution in [0.4, 0.5) is 5.82 Å². The smallest absolute Gasteiger partial charge is 0.329 e. The van der Waals surface area contributed by atoms with Gasteiger partial charge in [-0.1, -0.05) is 13.8 Å². The highest BCUT2D eigenvalue weighted by Gasteiger charge is 2.11. The van der Waals surface area contributed by atoms with Crippen molar-refractivity contribution < 1.29 is 0 Å². The highest BCUT2D eigenvalue weighted by atomic mass is 16.2. The molecule has 0 bridgehead atoms. The maximum absolute atomic E-state index is 12.1. The molecule has 1 heterocycles. The van der Waals surface area contributed by atoms with E-state index in [4.69, 9.17) is 0 Å². The summed E-state index contributed by atoms with van der Waals surface area (Å²) >= 11 is 0. The van der Waals surface area contributed by atoms with Crippen molar-refractivity contribution in [2.75, 3.05) is 14.1 Å². The molecular formula is C12H20N4O2. The minimum absolute atomic E-state index is 0.242. The molecule has 1 rings (SSSR count). The third-order valence-corrected chi connectivity index (χ3v) is 2.48. The fourth-order valence-corrected chi connectivity index (χ4v) is 1.63. The average Bonchev–Trinajstić information content (AvgIpc) is 2.31. The Hall–Kier alpha value is -1.85. The molecule has 0 saturated carbocycles. The van der Waals surface area contributed by atoms with E-state index < -0.39 is 5.69 Å². The van der Waals surface area contributed by atoms with Crippen molar-refractivity contribution in [1.29, 1.82) is 0 Å². The summed E-state index contributed by atoms with van der Waals surface area (Å²) in [5.74, 6) is 0.355. The van der Waals surface area contributed by atoms with Crippen LogP contribution >= 0.6 is 0 Å². The van der Waals surface area contributed by atoms with Crippen molar-refractivity contribution >= 4 is 12.2 Å². The second-order valence-electron chi connectivity index (χ2n) is 4.28. The summed E-state index contributed by atoms with van der Waals surface area (Å²) in [5.41, 5.74) is -0.0971. The van der Waals surface area contributed by atoms with E-state index in [1.54, 1.807) is 11.2 Å². The van der Waals surface area contributed by atoms with E-state index in [1.807, 2.05) is 27.9 Å². The molecule has 18 heavy (non-hydrogen) atoms. The molecule has 6 heteroatoms. The molecule has 0 aromatic carbocycles. The SMILES string of the molecule is CCCn1c(=O)[nH]c(N=CN(C)C)c(CC)c1=O. The number of hydrogen-bond donors (Lipinski definition) is 1. The zero-order chi connectivity index (χ0) is 13.7. The molecule has 0 fully saturated rings. The van der Waals surface area contributed by atoms with Gasteiger partial charge in [-0.15, -0.1) is 0 Å². The molecular weight excluding hydrogens is 232 g/mol. The van der Waals surface area contributed by atoms with Gasteiger partial charge >= 0.3 is 5.69 Å². The second kappa shape index (κ2) is 6.18. The Balaban J connectivity index is 3.38. The van der Waals surface area contributed by atoms with Crippen molar-refractivity contribution in [3.05, 3.63) is 26.4 Å². The molecule has 6 nitrogen and oxygen atoms in total. The van der Waals surface area contributed by atoms with Gasteiger partial charge in [0.05, 0.1) is 11.9 Å². The summed E-state index contributed by atoms with van der Waals surface area (Å²) in [7, 11) is 3.65. The Bertz CT molecular complexity index is 540. The van der Waals surface area contributed by atoms with Gasteiger partial charge in [0.15, 0.2) is 0 Å². The van der Waals surface area contributed by atoms with Gasteiger partial charge in [0.2, 0.25) is 0 Å². The second-order valence-corrected chi connectivity index (χ2v) is 4.28. The summed E-state index contributed by atoms with van der Waals surface area (Å²) < 4.78 is 1.23. The first kappa shape index (κ1) is 14.2. The predicted octanol–water partition coefficient (Wildman–Crippen LogP) is 0.730. The molecule has 0 amide bonds. The Morgan fingerprint density at radius 2 is 2.00 bits per heavy atom. The lowest BCUT2D eigenvalue weighted by atomic mass is 10.2. The topological polar surface area (TPSA) is 70.5 Å². The van der Waals surface area contributed by atoms with Crippen LogP contribution in [-0.4, -0.2) is 34.9 Å². The Kier molecular flexibility index (Phi) is 4.88. The minimum atomic E-state index is -0.398. The quantitative estimate of drug-likeness (QED) is 0.620. The van der Waals surface area contributed by atoms with E-state index in [0.717, 1.165) is 6.42 Å². The van der Waals surface area contributed by atoms with Gasteiger partial charge in [0, 0.05) is 20.6 Å². The van der Waals surface area contributed by atoms with E-state index in [9.17, 15) is 9.59 Å². The van der Waals surface area contributed by atoms with Gasteiger partial charge in [0.25, 0.3) is 5.56 Å². The Labute approximate surface area is 106 Å². The van der Waals surface area contributed by atoms with E-state index in [1.165, 1.54) is 4.57 Å². The Morgan fingerprint density at radius 1 is 1.33 bits per heavy atom. The molecule has 1 N–H and O–H groups in total. The van der Waals surface area contributed by atoms with Crippen molar-refractivity contribution in [2.45, 2.75) is 33.2 Å². The molecule has 0 aliphatic rings. The first-order valence-electron chi connectivity index (χ1n) is 6.07. The number of nitrogens with one attached hydrogen (secondary N) is 1. The van der Waals surface area contributed by atoms with Crippen LogP contribution < -0.4 is 11.2 Å². The molecule has 0 radical (unpaired) electrons. The normalized spacial score (nSPS) is 11.1. The zero-order valence-electron chi connectivity index (χ0n) is 11.4. The largest absolute Gasteiger partial charge is 0.369 e. The van der Waals surface area contributed by atoms with Crippen LogP contribution in [0.3, 0.4) is 0 Å². The first-order chi connectivity index (χ1) is 8.51. The molecule has 100 valence electrons. The van der Waals surface area contributed by atoms with Gasteiger partial charge in [-0.25, -0.2) is 9.79 Å². The summed E-state index contributed by atoms with van der Waals surface area (Å²) in [5, 5.41) is 0. The van der Waals surface area contributed by atoms with Gasteiger partial charge in [0.1, 0.15) is 5.82 Å². The van der Waals surface area contributed by atoms with Crippen LogP contribution in [0.2, 0.25) is 0 Å². The maximum Gasteiger partial charge on any atom is 0.329 e. The molecule has 1 aromatic rings. The number of aromatic amines is 1. The van der Waals surface area contributed by atoms with Crippen LogP contribution in [0.1, 0.15) is 25.8 Å². The number of nitrogens with zero attached hydrogens (tertiary/aromatic N) is 3. The molecule has 0 unspecified atom stereocenters. The number of aromatic nitrogens is 2. The van der Waals surface area contributed by atoms with Gasteiger partial charge in [-0.2, -0.15) is 0 Å². The third-order valence-electron chi connectivity index (χ3n) is 2.48. The van der Waals surface area contributed by atoms with Gasteiger partial charge in [-0.3, -0.25) is 14.3 Å². The van der Waals surface area contributed by atoms with Crippen molar-refractivity contribution in [3.8, 4) is 0 Å². The number of H-pyrrole nitrogens is 1. The zero-order valence-corrected chi connectivity index (χ0v) is 11.4. The lowest BCUT2D eigenvalue weighted by molar-refractivity contribution is 0.607. The fraction of sp³-hybridized carbons (Fsp3) is 0.583.